The van der Waals surface area contributed by atoms with Gasteiger partial charge in [0.05, 0.1) is 0 Å². The third kappa shape index (κ3) is 2.66. The van der Waals surface area contributed by atoms with Crippen LogP contribution in [-0.2, 0) is 0 Å². The number of amides is 1. The smallest absolute Gasteiger partial charge is 0.260 e. The highest BCUT2D eigenvalue weighted by molar-refractivity contribution is 6.11. The standard InChI is InChI=1S/C23H22N2O/c1-15-12-13-16(2)20(14-15)24-22-18-9-5-6-10-19(18)23(26)25(22)21-11-7-4-8-17(21)3/h4-14,22,24H,1-3H3/t22-/m1/s1. The van der Waals surface area contributed by atoms with Crippen molar-refractivity contribution in [3.63, 3.8) is 0 Å². The van der Waals surface area contributed by atoms with E-state index >= 15 is 0 Å². The molecule has 0 radical (unpaired) electrons. The van der Waals surface area contributed by atoms with Crippen molar-refractivity contribution in [2.45, 2.75) is 26.9 Å². The Morgan fingerprint density at radius 2 is 1.58 bits per heavy atom. The fourth-order valence-electron chi connectivity index (χ4n) is 3.58. The topological polar surface area (TPSA) is 32.3 Å². The largest absolute Gasteiger partial charge is 0.361 e. The number of hydrogen-bond donors (Lipinski definition) is 1. The second-order valence-corrected chi connectivity index (χ2v) is 6.91. The second-order valence-electron chi connectivity index (χ2n) is 6.91. The number of para-hydroxylation sites is 1. The lowest BCUT2D eigenvalue weighted by Crippen LogP contribution is -2.33. The summed E-state index contributed by atoms with van der Waals surface area (Å²) >= 11 is 0. The molecule has 1 aliphatic heterocycles. The first kappa shape index (κ1) is 16.4. The van der Waals surface area contributed by atoms with E-state index < -0.39 is 0 Å². The molecule has 0 saturated carbocycles. The molecule has 3 nitrogen and oxygen atoms in total. The predicted octanol–water partition coefficient (Wildman–Crippen LogP) is 5.38. The summed E-state index contributed by atoms with van der Waals surface area (Å²) in [6.07, 6.45) is -0.222. The Hall–Kier alpha value is -3.07. The van der Waals surface area contributed by atoms with Gasteiger partial charge in [0, 0.05) is 22.5 Å². The Morgan fingerprint density at radius 1 is 0.846 bits per heavy atom. The molecule has 0 fully saturated rings. The van der Waals surface area contributed by atoms with E-state index in [1.165, 1.54) is 5.56 Å². The van der Waals surface area contributed by atoms with E-state index in [9.17, 15) is 4.79 Å². The fourth-order valence-corrected chi connectivity index (χ4v) is 3.58. The summed E-state index contributed by atoms with van der Waals surface area (Å²) in [5.41, 5.74) is 7.21. The van der Waals surface area contributed by atoms with Crippen molar-refractivity contribution in [1.82, 2.24) is 0 Å². The number of fused-ring (bicyclic) bond motifs is 1. The van der Waals surface area contributed by atoms with Crippen LogP contribution in [-0.4, -0.2) is 5.91 Å². The maximum Gasteiger partial charge on any atom is 0.260 e. The van der Waals surface area contributed by atoms with Crippen molar-refractivity contribution in [2.24, 2.45) is 0 Å². The number of carbonyl (C=O) groups is 1. The molecule has 130 valence electrons. The molecule has 4 rings (SSSR count). The summed E-state index contributed by atoms with van der Waals surface area (Å²) in [4.78, 5) is 15.1. The molecule has 1 N–H and O–H groups in total. The van der Waals surface area contributed by atoms with Crippen LogP contribution in [0.25, 0.3) is 0 Å². The molecule has 1 heterocycles. The van der Waals surface area contributed by atoms with E-state index in [2.05, 4.69) is 37.4 Å². The molecule has 1 aliphatic rings. The van der Waals surface area contributed by atoms with Crippen LogP contribution in [0.1, 0.15) is 38.8 Å². The van der Waals surface area contributed by atoms with Gasteiger partial charge >= 0.3 is 0 Å². The minimum Gasteiger partial charge on any atom is -0.361 e. The molecular formula is C23H22N2O. The Balaban J connectivity index is 1.84. The van der Waals surface area contributed by atoms with E-state index in [1.807, 2.05) is 60.4 Å². The van der Waals surface area contributed by atoms with Crippen LogP contribution in [0.15, 0.2) is 66.7 Å². The van der Waals surface area contributed by atoms with Gasteiger partial charge in [0.2, 0.25) is 0 Å². The third-order valence-corrected chi connectivity index (χ3v) is 5.02. The Labute approximate surface area is 154 Å². The predicted molar refractivity (Wildman–Crippen MR) is 107 cm³/mol. The van der Waals surface area contributed by atoms with Gasteiger partial charge in [-0.15, -0.1) is 0 Å². The number of hydrogen-bond acceptors (Lipinski definition) is 2. The SMILES string of the molecule is Cc1ccc(C)c(N[C@H]2c3ccccc3C(=O)N2c2ccccc2C)c1. The monoisotopic (exact) mass is 342 g/mol. The lowest BCUT2D eigenvalue weighted by Gasteiger charge is -2.29. The number of nitrogens with zero attached hydrogens (tertiary/aromatic N) is 1. The Kier molecular flexibility index (Phi) is 4.00. The van der Waals surface area contributed by atoms with Gasteiger partial charge in [-0.05, 0) is 55.7 Å². The number of anilines is 2. The van der Waals surface area contributed by atoms with Crippen LogP contribution >= 0.6 is 0 Å². The first-order chi connectivity index (χ1) is 12.6. The zero-order valence-electron chi connectivity index (χ0n) is 15.3. The van der Waals surface area contributed by atoms with E-state index in [0.29, 0.717) is 0 Å². The van der Waals surface area contributed by atoms with Crippen LogP contribution in [0.3, 0.4) is 0 Å². The molecule has 3 aromatic carbocycles. The summed E-state index contributed by atoms with van der Waals surface area (Å²) in [5.74, 6) is 0.0395. The van der Waals surface area contributed by atoms with E-state index in [1.54, 1.807) is 0 Å². The molecule has 0 bridgehead atoms. The van der Waals surface area contributed by atoms with Gasteiger partial charge in [0.15, 0.2) is 0 Å². The highest BCUT2D eigenvalue weighted by Gasteiger charge is 2.38. The summed E-state index contributed by atoms with van der Waals surface area (Å²) in [6, 6.07) is 22.2. The van der Waals surface area contributed by atoms with Gasteiger partial charge < -0.3 is 5.32 Å². The molecule has 0 aromatic heterocycles. The highest BCUT2D eigenvalue weighted by atomic mass is 16.2. The van der Waals surface area contributed by atoms with Gasteiger partial charge in [-0.2, -0.15) is 0 Å². The number of aryl methyl sites for hydroxylation is 3. The third-order valence-electron chi connectivity index (χ3n) is 5.02. The first-order valence-corrected chi connectivity index (χ1v) is 8.88. The van der Waals surface area contributed by atoms with E-state index in [0.717, 1.165) is 33.6 Å². The lowest BCUT2D eigenvalue weighted by molar-refractivity contribution is 0.0993. The zero-order chi connectivity index (χ0) is 18.3. The second kappa shape index (κ2) is 6.34. The Morgan fingerprint density at radius 3 is 2.38 bits per heavy atom. The molecule has 3 heteroatoms. The molecule has 0 unspecified atom stereocenters. The average Bonchev–Trinajstić information content (AvgIpc) is 2.91. The van der Waals surface area contributed by atoms with Gasteiger partial charge in [-0.3, -0.25) is 9.69 Å². The average molecular weight is 342 g/mol. The van der Waals surface area contributed by atoms with Crippen molar-refractivity contribution in [1.29, 1.82) is 0 Å². The van der Waals surface area contributed by atoms with Gasteiger partial charge in [-0.25, -0.2) is 0 Å². The maximum absolute atomic E-state index is 13.2. The van der Waals surface area contributed by atoms with E-state index in [4.69, 9.17) is 0 Å². The summed E-state index contributed by atoms with van der Waals surface area (Å²) in [7, 11) is 0. The minimum atomic E-state index is -0.222. The lowest BCUT2D eigenvalue weighted by atomic mass is 10.1. The molecule has 0 aliphatic carbocycles. The molecule has 0 saturated heterocycles. The maximum atomic E-state index is 13.2. The van der Waals surface area contributed by atoms with Crippen LogP contribution in [0.2, 0.25) is 0 Å². The van der Waals surface area contributed by atoms with E-state index in [-0.39, 0.29) is 12.1 Å². The molecule has 1 atom stereocenters. The molecule has 1 amide bonds. The summed E-state index contributed by atoms with van der Waals surface area (Å²) in [5, 5.41) is 3.62. The summed E-state index contributed by atoms with van der Waals surface area (Å²) in [6.45, 7) is 6.21. The quantitative estimate of drug-likeness (QED) is 0.693. The minimum absolute atomic E-state index is 0.0395. The first-order valence-electron chi connectivity index (χ1n) is 8.88. The number of carbonyl (C=O) groups excluding carboxylic acids is 1. The van der Waals surface area contributed by atoms with Crippen molar-refractivity contribution in [3.05, 3.63) is 94.5 Å². The molecule has 0 spiro atoms. The van der Waals surface area contributed by atoms with Crippen LogP contribution in [0.4, 0.5) is 11.4 Å². The normalized spacial score (nSPS) is 15.9. The highest BCUT2D eigenvalue weighted by Crippen LogP contribution is 2.39. The molecular weight excluding hydrogens is 320 g/mol. The number of benzene rings is 3. The van der Waals surface area contributed by atoms with Gasteiger partial charge in [0.1, 0.15) is 6.17 Å². The molecule has 3 aromatic rings. The Bertz CT molecular complexity index is 993. The van der Waals surface area contributed by atoms with Crippen LogP contribution in [0.5, 0.6) is 0 Å². The van der Waals surface area contributed by atoms with Crippen LogP contribution in [0, 0.1) is 20.8 Å². The van der Waals surface area contributed by atoms with Crippen molar-refractivity contribution >= 4 is 17.3 Å². The number of rotatable bonds is 3. The molecule has 26 heavy (non-hydrogen) atoms. The zero-order valence-corrected chi connectivity index (χ0v) is 15.3. The van der Waals surface area contributed by atoms with Gasteiger partial charge in [0.25, 0.3) is 5.91 Å². The van der Waals surface area contributed by atoms with Crippen molar-refractivity contribution in [3.8, 4) is 0 Å². The van der Waals surface area contributed by atoms with Crippen molar-refractivity contribution < 1.29 is 4.79 Å². The number of nitrogens with one attached hydrogen (secondary N) is 1. The summed E-state index contributed by atoms with van der Waals surface area (Å²) < 4.78 is 0. The fraction of sp³-hybridized carbons (Fsp3) is 0.174. The van der Waals surface area contributed by atoms with Crippen molar-refractivity contribution in [2.75, 3.05) is 10.2 Å². The van der Waals surface area contributed by atoms with Gasteiger partial charge in [-0.1, -0.05) is 48.5 Å². The van der Waals surface area contributed by atoms with Crippen LogP contribution < -0.4 is 10.2 Å².